The Kier molecular flexibility index (Phi) is 5.96. The maximum Gasteiger partial charge on any atom is 0.337 e. The van der Waals surface area contributed by atoms with Crippen LogP contribution >= 0.6 is 11.3 Å². The molecule has 0 bridgehead atoms. The van der Waals surface area contributed by atoms with E-state index in [-0.39, 0.29) is 12.0 Å². The van der Waals surface area contributed by atoms with Crippen molar-refractivity contribution in [2.24, 2.45) is 0 Å². The number of rotatable bonds is 6. The normalized spacial score (nSPS) is 15.9. The van der Waals surface area contributed by atoms with Crippen molar-refractivity contribution in [2.75, 3.05) is 32.3 Å². The molecule has 0 N–H and O–H groups in total. The molecule has 2 aromatic carbocycles. The van der Waals surface area contributed by atoms with Gasteiger partial charge in [0, 0.05) is 12.2 Å². The Labute approximate surface area is 178 Å². The van der Waals surface area contributed by atoms with Crippen molar-refractivity contribution < 1.29 is 23.8 Å². The number of amides is 1. The number of nitrogens with zero attached hydrogens (tertiary/aromatic N) is 2. The van der Waals surface area contributed by atoms with Crippen molar-refractivity contribution in [1.29, 1.82) is 0 Å². The van der Waals surface area contributed by atoms with Gasteiger partial charge in [-0.3, -0.25) is 9.69 Å². The number of methoxy groups -OCH3 is 2. The Bertz CT molecular complexity index is 1060. The molecule has 156 valence electrons. The van der Waals surface area contributed by atoms with E-state index in [2.05, 4.69) is 4.98 Å². The summed E-state index contributed by atoms with van der Waals surface area (Å²) in [5.41, 5.74) is 1.67. The second-order valence-corrected chi connectivity index (χ2v) is 7.96. The number of fused-ring (bicyclic) bond motifs is 1. The van der Waals surface area contributed by atoms with Crippen LogP contribution in [0.1, 0.15) is 33.6 Å². The van der Waals surface area contributed by atoms with E-state index >= 15 is 0 Å². The van der Waals surface area contributed by atoms with Crippen molar-refractivity contribution in [1.82, 2.24) is 4.98 Å². The van der Waals surface area contributed by atoms with Gasteiger partial charge in [-0.1, -0.05) is 11.3 Å². The van der Waals surface area contributed by atoms with Crippen LogP contribution in [0.3, 0.4) is 0 Å². The average Bonchev–Trinajstić information content (AvgIpc) is 3.45. The summed E-state index contributed by atoms with van der Waals surface area (Å²) in [6, 6.07) is 12.1. The van der Waals surface area contributed by atoms with Gasteiger partial charge in [-0.15, -0.1) is 0 Å². The SMILES string of the molecule is COC(=O)c1ccc(C(=O)N(CC2CCCO2)c2nc3ccc(OC)cc3s2)cc1. The molecule has 0 aliphatic carbocycles. The van der Waals surface area contributed by atoms with Gasteiger partial charge in [0.15, 0.2) is 5.13 Å². The Hall–Kier alpha value is -2.97. The molecule has 8 heteroatoms. The second-order valence-electron chi connectivity index (χ2n) is 6.95. The van der Waals surface area contributed by atoms with Gasteiger partial charge in [-0.2, -0.15) is 0 Å². The van der Waals surface area contributed by atoms with Crippen molar-refractivity contribution >= 4 is 38.6 Å². The Morgan fingerprint density at radius 1 is 1.17 bits per heavy atom. The molecule has 0 spiro atoms. The summed E-state index contributed by atoms with van der Waals surface area (Å²) in [4.78, 5) is 31.4. The molecule has 1 amide bonds. The minimum Gasteiger partial charge on any atom is -0.497 e. The molecule has 0 radical (unpaired) electrons. The number of hydrogen-bond acceptors (Lipinski definition) is 7. The molecule has 1 aliphatic rings. The zero-order valence-corrected chi connectivity index (χ0v) is 17.6. The molecule has 30 heavy (non-hydrogen) atoms. The summed E-state index contributed by atoms with van der Waals surface area (Å²) in [5, 5.41) is 0.607. The van der Waals surface area contributed by atoms with Crippen LogP contribution in [-0.4, -0.2) is 50.3 Å². The second kappa shape index (κ2) is 8.81. The Morgan fingerprint density at radius 2 is 1.93 bits per heavy atom. The van der Waals surface area contributed by atoms with E-state index in [0.717, 1.165) is 28.8 Å². The van der Waals surface area contributed by atoms with Crippen LogP contribution < -0.4 is 9.64 Å². The predicted molar refractivity (Wildman–Crippen MR) is 115 cm³/mol. The van der Waals surface area contributed by atoms with Gasteiger partial charge in [-0.05, 0) is 55.3 Å². The highest BCUT2D eigenvalue weighted by Crippen LogP contribution is 2.33. The lowest BCUT2D eigenvalue weighted by Gasteiger charge is -2.23. The lowest BCUT2D eigenvalue weighted by molar-refractivity contribution is 0.0600. The monoisotopic (exact) mass is 426 g/mol. The standard InChI is InChI=1S/C22H22N2O5S/c1-27-16-9-10-18-19(12-16)30-22(23-18)24(13-17-4-3-11-29-17)20(25)14-5-7-15(8-6-14)21(26)28-2/h5-10,12,17H,3-4,11,13H2,1-2H3. The average molecular weight is 426 g/mol. The zero-order chi connectivity index (χ0) is 21.1. The van der Waals surface area contributed by atoms with Gasteiger partial charge >= 0.3 is 5.97 Å². The van der Waals surface area contributed by atoms with Crippen LogP contribution in [0.4, 0.5) is 5.13 Å². The lowest BCUT2D eigenvalue weighted by atomic mass is 10.1. The molecule has 3 aromatic rings. The molecule has 1 aliphatic heterocycles. The van der Waals surface area contributed by atoms with Crippen LogP contribution in [0.2, 0.25) is 0 Å². The number of ether oxygens (including phenoxy) is 3. The zero-order valence-electron chi connectivity index (χ0n) is 16.8. The fraction of sp³-hybridized carbons (Fsp3) is 0.318. The molecule has 1 fully saturated rings. The number of benzene rings is 2. The van der Waals surface area contributed by atoms with Gasteiger partial charge in [0.2, 0.25) is 0 Å². The van der Waals surface area contributed by atoms with E-state index in [9.17, 15) is 9.59 Å². The van der Waals surface area contributed by atoms with E-state index in [1.165, 1.54) is 18.4 Å². The van der Waals surface area contributed by atoms with Crippen LogP contribution in [0.25, 0.3) is 10.2 Å². The molecule has 0 saturated carbocycles. The number of anilines is 1. The topological polar surface area (TPSA) is 78.0 Å². The van der Waals surface area contributed by atoms with Crippen molar-refractivity contribution in [3.63, 3.8) is 0 Å². The molecular weight excluding hydrogens is 404 g/mol. The fourth-order valence-electron chi connectivity index (χ4n) is 3.40. The van der Waals surface area contributed by atoms with E-state index < -0.39 is 5.97 Å². The highest BCUT2D eigenvalue weighted by Gasteiger charge is 2.27. The number of thiazole rings is 1. The van der Waals surface area contributed by atoms with Gasteiger partial charge in [0.05, 0.1) is 42.6 Å². The maximum atomic E-state index is 13.4. The van der Waals surface area contributed by atoms with Crippen LogP contribution in [0, 0.1) is 0 Å². The summed E-state index contributed by atoms with van der Waals surface area (Å²) < 4.78 is 16.7. The highest BCUT2D eigenvalue weighted by molar-refractivity contribution is 7.22. The number of esters is 1. The molecule has 1 aromatic heterocycles. The van der Waals surface area contributed by atoms with Crippen LogP contribution in [-0.2, 0) is 9.47 Å². The van der Waals surface area contributed by atoms with Crippen LogP contribution in [0.5, 0.6) is 5.75 Å². The Balaban J connectivity index is 1.67. The van der Waals surface area contributed by atoms with E-state index in [1.54, 1.807) is 36.3 Å². The molecule has 1 atom stereocenters. The summed E-state index contributed by atoms with van der Waals surface area (Å²) in [6.07, 6.45) is 1.87. The first kappa shape index (κ1) is 20.3. The molecule has 1 saturated heterocycles. The first-order valence-corrected chi connectivity index (χ1v) is 10.5. The summed E-state index contributed by atoms with van der Waals surface area (Å²) in [5.74, 6) is 0.117. The van der Waals surface area contributed by atoms with Crippen LogP contribution in [0.15, 0.2) is 42.5 Å². The quantitative estimate of drug-likeness (QED) is 0.556. The number of carbonyl (C=O) groups excluding carboxylic acids is 2. The van der Waals surface area contributed by atoms with E-state index in [1.807, 2.05) is 18.2 Å². The van der Waals surface area contributed by atoms with Gasteiger partial charge in [-0.25, -0.2) is 9.78 Å². The highest BCUT2D eigenvalue weighted by atomic mass is 32.1. The third-order valence-electron chi connectivity index (χ3n) is 5.02. The Morgan fingerprint density at radius 3 is 2.60 bits per heavy atom. The minimum absolute atomic E-state index is 0.0233. The summed E-state index contributed by atoms with van der Waals surface area (Å²) >= 11 is 1.44. The largest absolute Gasteiger partial charge is 0.497 e. The number of aromatic nitrogens is 1. The smallest absolute Gasteiger partial charge is 0.337 e. The molecular formula is C22H22N2O5S. The number of hydrogen-bond donors (Lipinski definition) is 0. The summed E-state index contributed by atoms with van der Waals surface area (Å²) in [6.45, 7) is 1.13. The van der Waals surface area contributed by atoms with Crippen molar-refractivity contribution in [2.45, 2.75) is 18.9 Å². The van der Waals surface area contributed by atoms with E-state index in [4.69, 9.17) is 14.2 Å². The maximum absolute atomic E-state index is 13.4. The van der Waals surface area contributed by atoms with Crippen molar-refractivity contribution in [3.05, 3.63) is 53.6 Å². The fourth-order valence-corrected chi connectivity index (χ4v) is 4.40. The third kappa shape index (κ3) is 4.15. The summed E-state index contributed by atoms with van der Waals surface area (Å²) in [7, 11) is 2.95. The third-order valence-corrected chi connectivity index (χ3v) is 6.06. The molecule has 2 heterocycles. The first-order chi connectivity index (χ1) is 14.6. The van der Waals surface area contributed by atoms with E-state index in [0.29, 0.717) is 29.4 Å². The van der Waals surface area contributed by atoms with Gasteiger partial charge < -0.3 is 14.2 Å². The lowest BCUT2D eigenvalue weighted by Crippen LogP contribution is -2.37. The van der Waals surface area contributed by atoms with Gasteiger partial charge in [0.25, 0.3) is 5.91 Å². The predicted octanol–water partition coefficient (Wildman–Crippen LogP) is 3.92. The molecule has 4 rings (SSSR count). The van der Waals surface area contributed by atoms with Gasteiger partial charge in [0.1, 0.15) is 5.75 Å². The van der Waals surface area contributed by atoms with Crippen molar-refractivity contribution in [3.8, 4) is 5.75 Å². The first-order valence-electron chi connectivity index (χ1n) is 9.65. The molecule has 1 unspecified atom stereocenters. The number of carbonyl (C=O) groups is 2. The minimum atomic E-state index is -0.440. The molecule has 7 nitrogen and oxygen atoms in total.